The zero-order valence-electron chi connectivity index (χ0n) is 17.1. The molecule has 5 rings (SSSR count). The van der Waals surface area contributed by atoms with Crippen LogP contribution in [0.3, 0.4) is 0 Å². The van der Waals surface area contributed by atoms with Gasteiger partial charge in [0.1, 0.15) is 12.1 Å². The van der Waals surface area contributed by atoms with Crippen molar-refractivity contribution in [2.45, 2.75) is 19.7 Å². The Morgan fingerprint density at radius 3 is 2.69 bits per heavy atom. The molecule has 0 bridgehead atoms. The molecule has 152 valence electrons. The number of hydrogen-bond acceptors (Lipinski definition) is 7. The van der Waals surface area contributed by atoms with Crippen molar-refractivity contribution >= 4 is 22.4 Å². The lowest BCUT2D eigenvalue weighted by Crippen LogP contribution is -2.46. The van der Waals surface area contributed by atoms with Gasteiger partial charge in [-0.15, -0.1) is 0 Å². The first-order valence-electron chi connectivity index (χ1n) is 10.2. The monoisotopic (exact) mass is 393 g/mol. The van der Waals surface area contributed by atoms with Gasteiger partial charge in [-0.2, -0.15) is 5.10 Å². The fraction of sp³-hybridized carbons (Fsp3) is 0.476. The van der Waals surface area contributed by atoms with Crippen LogP contribution >= 0.6 is 0 Å². The van der Waals surface area contributed by atoms with Gasteiger partial charge in [0.05, 0.1) is 36.7 Å². The third-order valence-electron chi connectivity index (χ3n) is 5.76. The van der Waals surface area contributed by atoms with Gasteiger partial charge in [-0.1, -0.05) is 0 Å². The molecule has 2 aliphatic rings. The number of nitrogens with zero attached hydrogens (tertiary/aromatic N) is 7. The van der Waals surface area contributed by atoms with E-state index in [1.165, 1.54) is 11.4 Å². The van der Waals surface area contributed by atoms with Gasteiger partial charge < -0.3 is 14.5 Å². The highest BCUT2D eigenvalue weighted by atomic mass is 16.5. The second kappa shape index (κ2) is 7.61. The molecule has 1 saturated heterocycles. The van der Waals surface area contributed by atoms with Gasteiger partial charge >= 0.3 is 0 Å². The lowest BCUT2D eigenvalue weighted by molar-refractivity contribution is 0.0799. The summed E-state index contributed by atoms with van der Waals surface area (Å²) < 4.78 is 7.61. The summed E-state index contributed by atoms with van der Waals surface area (Å²) in [5.41, 5.74) is 4.57. The molecule has 3 aromatic rings. The van der Waals surface area contributed by atoms with Crippen LogP contribution in [0.2, 0.25) is 0 Å². The average molecular weight is 393 g/mol. The molecule has 8 heteroatoms. The Morgan fingerprint density at radius 1 is 1.03 bits per heavy atom. The molecule has 0 amide bonds. The fourth-order valence-corrected chi connectivity index (χ4v) is 4.21. The van der Waals surface area contributed by atoms with Crippen LogP contribution in [0.25, 0.3) is 10.9 Å². The molecule has 0 radical (unpaired) electrons. The van der Waals surface area contributed by atoms with E-state index in [9.17, 15) is 0 Å². The van der Waals surface area contributed by atoms with E-state index < -0.39 is 0 Å². The fourth-order valence-electron chi connectivity index (χ4n) is 4.21. The quantitative estimate of drug-likeness (QED) is 0.669. The Kier molecular flexibility index (Phi) is 4.81. The van der Waals surface area contributed by atoms with Crippen LogP contribution in [0, 0.1) is 0 Å². The van der Waals surface area contributed by atoms with Crippen molar-refractivity contribution in [2.75, 3.05) is 56.7 Å². The third kappa shape index (κ3) is 3.65. The standard InChI is InChI=1S/C21H27N7O/c1-25(2)21-19-12-17(3-4-20(19)22-15-23-21)27-7-5-26(6-8-27)13-16-11-18-14-29-10-9-28(18)24-16/h3-4,11-12,15H,5-10,13-14H2,1-2H3. The Morgan fingerprint density at radius 2 is 1.90 bits per heavy atom. The minimum atomic E-state index is 0.682. The molecule has 4 heterocycles. The number of rotatable bonds is 4. The van der Waals surface area contributed by atoms with Crippen molar-refractivity contribution in [2.24, 2.45) is 0 Å². The summed E-state index contributed by atoms with van der Waals surface area (Å²) in [6.45, 7) is 7.29. The van der Waals surface area contributed by atoms with Gasteiger partial charge in [0, 0.05) is 57.9 Å². The maximum absolute atomic E-state index is 5.52. The van der Waals surface area contributed by atoms with Crippen LogP contribution in [0.4, 0.5) is 11.5 Å². The molecule has 0 spiro atoms. The van der Waals surface area contributed by atoms with Crippen molar-refractivity contribution in [1.29, 1.82) is 0 Å². The summed E-state index contributed by atoms with van der Waals surface area (Å²) >= 11 is 0. The highest BCUT2D eigenvalue weighted by Crippen LogP contribution is 2.27. The highest BCUT2D eigenvalue weighted by molar-refractivity contribution is 5.91. The maximum atomic E-state index is 5.52. The van der Waals surface area contributed by atoms with Crippen LogP contribution in [-0.4, -0.2) is 71.5 Å². The first kappa shape index (κ1) is 18.3. The van der Waals surface area contributed by atoms with E-state index in [1.54, 1.807) is 6.33 Å². The molecule has 0 N–H and O–H groups in total. The molecule has 29 heavy (non-hydrogen) atoms. The molecule has 0 aliphatic carbocycles. The molecule has 0 saturated carbocycles. The van der Waals surface area contributed by atoms with E-state index in [1.807, 2.05) is 19.0 Å². The number of ether oxygens (including phenoxy) is 1. The van der Waals surface area contributed by atoms with Crippen LogP contribution in [0.1, 0.15) is 11.4 Å². The van der Waals surface area contributed by atoms with Crippen molar-refractivity contribution in [3.63, 3.8) is 0 Å². The van der Waals surface area contributed by atoms with Crippen molar-refractivity contribution in [3.8, 4) is 0 Å². The summed E-state index contributed by atoms with van der Waals surface area (Å²) in [4.78, 5) is 15.8. The predicted octanol–water partition coefficient (Wildman–Crippen LogP) is 1.74. The highest BCUT2D eigenvalue weighted by Gasteiger charge is 2.20. The Balaban J connectivity index is 1.27. The number of hydrogen-bond donors (Lipinski definition) is 0. The second-order valence-corrected chi connectivity index (χ2v) is 7.96. The van der Waals surface area contributed by atoms with Crippen LogP contribution in [-0.2, 0) is 24.4 Å². The van der Waals surface area contributed by atoms with Crippen LogP contribution < -0.4 is 9.80 Å². The smallest absolute Gasteiger partial charge is 0.139 e. The van der Waals surface area contributed by atoms with E-state index in [4.69, 9.17) is 9.84 Å². The number of piperazine rings is 1. The minimum absolute atomic E-state index is 0.682. The lowest BCUT2D eigenvalue weighted by atomic mass is 10.1. The van der Waals surface area contributed by atoms with Gasteiger partial charge in [0.15, 0.2) is 0 Å². The van der Waals surface area contributed by atoms with Gasteiger partial charge in [-0.3, -0.25) is 9.58 Å². The van der Waals surface area contributed by atoms with Crippen LogP contribution in [0.15, 0.2) is 30.6 Å². The molecule has 0 atom stereocenters. The third-order valence-corrected chi connectivity index (χ3v) is 5.76. The SMILES string of the molecule is CN(C)c1ncnc2ccc(N3CCN(Cc4cc5n(n4)CCOC5)CC3)cc12. The molecule has 2 aromatic heterocycles. The Hall–Kier alpha value is -2.71. The molecule has 2 aliphatic heterocycles. The lowest BCUT2D eigenvalue weighted by Gasteiger charge is -2.36. The summed E-state index contributed by atoms with van der Waals surface area (Å²) in [6, 6.07) is 8.69. The molecule has 1 fully saturated rings. The van der Waals surface area contributed by atoms with Crippen molar-refractivity contribution < 1.29 is 4.74 Å². The first-order valence-corrected chi connectivity index (χ1v) is 10.2. The Labute approximate surface area is 170 Å². The second-order valence-electron chi connectivity index (χ2n) is 7.96. The summed E-state index contributed by atoms with van der Waals surface area (Å²) in [6.07, 6.45) is 1.63. The van der Waals surface area contributed by atoms with Gasteiger partial charge in [-0.05, 0) is 24.3 Å². The number of anilines is 2. The zero-order chi connectivity index (χ0) is 19.8. The van der Waals surface area contributed by atoms with Crippen molar-refractivity contribution in [3.05, 3.63) is 42.0 Å². The molecule has 0 unspecified atom stereocenters. The average Bonchev–Trinajstić information content (AvgIpc) is 3.15. The summed E-state index contributed by atoms with van der Waals surface area (Å²) in [5, 5.41) is 5.85. The number of fused-ring (bicyclic) bond motifs is 2. The largest absolute Gasteiger partial charge is 0.373 e. The van der Waals surface area contributed by atoms with Gasteiger partial charge in [0.2, 0.25) is 0 Å². The van der Waals surface area contributed by atoms with E-state index in [0.717, 1.165) is 68.3 Å². The molecular formula is C21H27N7O. The molecular weight excluding hydrogens is 366 g/mol. The van der Waals surface area contributed by atoms with E-state index in [-0.39, 0.29) is 0 Å². The Bertz CT molecular complexity index is 984. The summed E-state index contributed by atoms with van der Waals surface area (Å²) in [7, 11) is 4.04. The predicted molar refractivity (Wildman–Crippen MR) is 113 cm³/mol. The van der Waals surface area contributed by atoms with Gasteiger partial charge in [-0.25, -0.2) is 9.97 Å². The van der Waals surface area contributed by atoms with E-state index in [2.05, 4.69) is 48.7 Å². The summed E-state index contributed by atoms with van der Waals surface area (Å²) in [5.74, 6) is 0.961. The van der Waals surface area contributed by atoms with Crippen molar-refractivity contribution in [1.82, 2.24) is 24.6 Å². The first-order chi connectivity index (χ1) is 14.2. The van der Waals surface area contributed by atoms with E-state index >= 15 is 0 Å². The van der Waals surface area contributed by atoms with Gasteiger partial charge in [0.25, 0.3) is 0 Å². The number of benzene rings is 1. The normalized spacial score (nSPS) is 17.5. The maximum Gasteiger partial charge on any atom is 0.139 e. The molecule has 8 nitrogen and oxygen atoms in total. The van der Waals surface area contributed by atoms with Crippen LogP contribution in [0.5, 0.6) is 0 Å². The topological polar surface area (TPSA) is 62.6 Å². The minimum Gasteiger partial charge on any atom is -0.373 e. The number of aromatic nitrogens is 4. The zero-order valence-corrected chi connectivity index (χ0v) is 17.1. The van der Waals surface area contributed by atoms with E-state index in [0.29, 0.717) is 6.61 Å². The molecule has 1 aromatic carbocycles.